The van der Waals surface area contributed by atoms with E-state index in [-0.39, 0.29) is 18.6 Å². The fourth-order valence-electron chi connectivity index (χ4n) is 3.18. The number of rotatable bonds is 5. The highest BCUT2D eigenvalue weighted by Gasteiger charge is 2.35. The third-order valence-corrected chi connectivity index (χ3v) is 4.62. The number of nitrogens with one attached hydrogen (secondary N) is 1. The lowest BCUT2D eigenvalue weighted by molar-refractivity contribution is -0.156. The summed E-state index contributed by atoms with van der Waals surface area (Å²) in [6.07, 6.45) is 4.36. The second-order valence-electron chi connectivity index (χ2n) is 6.00. The van der Waals surface area contributed by atoms with Crippen molar-refractivity contribution >= 4 is 11.9 Å². The minimum Gasteiger partial charge on any atom is -0.480 e. The number of carbonyl (C=O) groups excluding carboxylic acids is 1. The Morgan fingerprint density at radius 1 is 1.29 bits per heavy atom. The Labute approximate surface area is 125 Å². The van der Waals surface area contributed by atoms with Gasteiger partial charge in [0, 0.05) is 6.54 Å². The average Bonchev–Trinajstić information content (AvgIpc) is 2.52. The van der Waals surface area contributed by atoms with Gasteiger partial charge in [-0.1, -0.05) is 13.3 Å². The van der Waals surface area contributed by atoms with Crippen LogP contribution in [-0.4, -0.2) is 60.3 Å². The van der Waals surface area contributed by atoms with Crippen molar-refractivity contribution in [2.75, 3.05) is 26.2 Å². The predicted octanol–water partition coefficient (Wildman–Crippen LogP) is 0.857. The van der Waals surface area contributed by atoms with E-state index in [4.69, 9.17) is 4.74 Å². The van der Waals surface area contributed by atoms with Crippen molar-refractivity contribution in [2.45, 2.75) is 51.2 Å². The molecule has 0 spiro atoms. The molecule has 2 N–H and O–H groups in total. The van der Waals surface area contributed by atoms with Gasteiger partial charge in [-0.3, -0.25) is 4.79 Å². The molecule has 0 aromatic carbocycles. The molecule has 0 aromatic rings. The Bertz CT molecular complexity index is 369. The molecule has 6 heteroatoms. The van der Waals surface area contributed by atoms with Crippen LogP contribution in [0.1, 0.15) is 39.0 Å². The first-order valence-electron chi connectivity index (χ1n) is 7.96. The van der Waals surface area contributed by atoms with Gasteiger partial charge in [-0.05, 0) is 44.7 Å². The van der Waals surface area contributed by atoms with Gasteiger partial charge in [0.05, 0.1) is 6.10 Å². The van der Waals surface area contributed by atoms with Crippen LogP contribution in [0.15, 0.2) is 0 Å². The fraction of sp³-hybridized carbons (Fsp3) is 0.867. The van der Waals surface area contributed by atoms with Crippen LogP contribution in [0, 0.1) is 5.92 Å². The molecule has 2 heterocycles. The van der Waals surface area contributed by atoms with E-state index in [1.54, 1.807) is 0 Å². The molecule has 1 amide bonds. The number of likely N-dealkylation sites (tertiary alicyclic amines) is 1. The van der Waals surface area contributed by atoms with Gasteiger partial charge in [0.15, 0.2) is 0 Å². The standard InChI is InChI=1S/C15H26N2O4/c1-2-11-5-8-17(13(9-11)15(19)20)14(18)10-21-12-3-6-16-7-4-12/h11-13,16H,2-10H2,1H3,(H,19,20). The lowest BCUT2D eigenvalue weighted by Crippen LogP contribution is -2.51. The number of carboxylic acid groups (broad SMARTS) is 1. The van der Waals surface area contributed by atoms with Gasteiger partial charge in [0.2, 0.25) is 5.91 Å². The van der Waals surface area contributed by atoms with Crippen molar-refractivity contribution in [1.82, 2.24) is 10.2 Å². The van der Waals surface area contributed by atoms with E-state index in [1.165, 1.54) is 4.90 Å². The number of carbonyl (C=O) groups is 2. The zero-order valence-corrected chi connectivity index (χ0v) is 12.7. The van der Waals surface area contributed by atoms with Crippen molar-refractivity contribution in [2.24, 2.45) is 5.92 Å². The van der Waals surface area contributed by atoms with Crippen molar-refractivity contribution in [1.29, 1.82) is 0 Å². The number of nitrogens with zero attached hydrogens (tertiary/aromatic N) is 1. The zero-order chi connectivity index (χ0) is 15.2. The normalized spacial score (nSPS) is 27.6. The summed E-state index contributed by atoms with van der Waals surface area (Å²) in [5.74, 6) is -0.681. The Morgan fingerprint density at radius 3 is 2.62 bits per heavy atom. The highest BCUT2D eigenvalue weighted by molar-refractivity contribution is 5.84. The summed E-state index contributed by atoms with van der Waals surface area (Å²) in [5.41, 5.74) is 0. The molecule has 0 aliphatic carbocycles. The molecule has 6 nitrogen and oxygen atoms in total. The van der Waals surface area contributed by atoms with Crippen LogP contribution >= 0.6 is 0 Å². The van der Waals surface area contributed by atoms with Crippen molar-refractivity contribution in [3.63, 3.8) is 0 Å². The quantitative estimate of drug-likeness (QED) is 0.787. The number of hydrogen-bond donors (Lipinski definition) is 2. The summed E-state index contributed by atoms with van der Waals surface area (Å²) >= 11 is 0. The van der Waals surface area contributed by atoms with Crippen molar-refractivity contribution in [3.8, 4) is 0 Å². The average molecular weight is 298 g/mol. The minimum atomic E-state index is -0.900. The summed E-state index contributed by atoms with van der Waals surface area (Å²) in [6, 6.07) is -0.687. The maximum absolute atomic E-state index is 12.3. The highest BCUT2D eigenvalue weighted by Crippen LogP contribution is 2.25. The third-order valence-electron chi connectivity index (χ3n) is 4.62. The molecule has 0 aromatic heterocycles. The first-order valence-corrected chi connectivity index (χ1v) is 7.96. The van der Waals surface area contributed by atoms with E-state index < -0.39 is 12.0 Å². The van der Waals surface area contributed by atoms with Crippen LogP contribution in [0.2, 0.25) is 0 Å². The number of piperidine rings is 2. The van der Waals surface area contributed by atoms with E-state index in [2.05, 4.69) is 12.2 Å². The molecule has 21 heavy (non-hydrogen) atoms. The first kappa shape index (κ1) is 16.2. The SMILES string of the molecule is CCC1CCN(C(=O)COC2CCNCC2)C(C(=O)O)C1. The molecule has 0 saturated carbocycles. The monoisotopic (exact) mass is 298 g/mol. The number of aliphatic carboxylic acids is 1. The Hall–Kier alpha value is -1.14. The van der Waals surface area contributed by atoms with E-state index in [0.717, 1.165) is 38.8 Å². The van der Waals surface area contributed by atoms with Crippen molar-refractivity contribution < 1.29 is 19.4 Å². The smallest absolute Gasteiger partial charge is 0.326 e. The van der Waals surface area contributed by atoms with Crippen LogP contribution in [-0.2, 0) is 14.3 Å². The molecule has 0 radical (unpaired) electrons. The molecule has 2 aliphatic heterocycles. The van der Waals surface area contributed by atoms with Gasteiger partial charge < -0.3 is 20.1 Å². The van der Waals surface area contributed by atoms with E-state index >= 15 is 0 Å². The van der Waals surface area contributed by atoms with Crippen LogP contribution in [0.5, 0.6) is 0 Å². The van der Waals surface area contributed by atoms with E-state index in [0.29, 0.717) is 18.9 Å². The second-order valence-corrected chi connectivity index (χ2v) is 6.00. The maximum Gasteiger partial charge on any atom is 0.326 e. The van der Waals surface area contributed by atoms with Gasteiger partial charge >= 0.3 is 5.97 Å². The lowest BCUT2D eigenvalue weighted by atomic mass is 9.89. The lowest BCUT2D eigenvalue weighted by Gasteiger charge is -2.37. The summed E-state index contributed by atoms with van der Waals surface area (Å²) in [7, 11) is 0. The highest BCUT2D eigenvalue weighted by atomic mass is 16.5. The van der Waals surface area contributed by atoms with Crippen molar-refractivity contribution in [3.05, 3.63) is 0 Å². The first-order chi connectivity index (χ1) is 10.1. The molecule has 2 atom stereocenters. The number of ether oxygens (including phenoxy) is 1. The molecule has 2 aliphatic rings. The molecular weight excluding hydrogens is 272 g/mol. The van der Waals surface area contributed by atoms with Gasteiger partial charge in [-0.15, -0.1) is 0 Å². The Balaban J connectivity index is 1.85. The maximum atomic E-state index is 12.3. The van der Waals surface area contributed by atoms with Crippen LogP contribution in [0.4, 0.5) is 0 Å². The van der Waals surface area contributed by atoms with Gasteiger partial charge in [-0.25, -0.2) is 4.79 Å². The van der Waals surface area contributed by atoms with Gasteiger partial charge in [0.25, 0.3) is 0 Å². The molecule has 2 saturated heterocycles. The second kappa shape index (κ2) is 7.75. The minimum absolute atomic E-state index is 0.00520. The largest absolute Gasteiger partial charge is 0.480 e. The number of amides is 1. The molecule has 120 valence electrons. The third kappa shape index (κ3) is 4.41. The fourth-order valence-corrected chi connectivity index (χ4v) is 3.18. The Kier molecular flexibility index (Phi) is 5.99. The summed E-state index contributed by atoms with van der Waals surface area (Å²) in [4.78, 5) is 25.2. The summed E-state index contributed by atoms with van der Waals surface area (Å²) < 4.78 is 5.66. The van der Waals surface area contributed by atoms with Gasteiger partial charge in [0.1, 0.15) is 12.6 Å². The van der Waals surface area contributed by atoms with E-state index in [1.807, 2.05) is 0 Å². The van der Waals surface area contributed by atoms with Crippen LogP contribution in [0.25, 0.3) is 0 Å². The number of carboxylic acids is 1. The molecule has 2 fully saturated rings. The van der Waals surface area contributed by atoms with Gasteiger partial charge in [-0.2, -0.15) is 0 Å². The van der Waals surface area contributed by atoms with Crippen LogP contribution in [0.3, 0.4) is 0 Å². The summed E-state index contributed by atoms with van der Waals surface area (Å²) in [5, 5.41) is 12.6. The van der Waals surface area contributed by atoms with Crippen LogP contribution < -0.4 is 5.32 Å². The number of hydrogen-bond acceptors (Lipinski definition) is 4. The molecule has 0 bridgehead atoms. The molecule has 2 unspecified atom stereocenters. The molecule has 2 rings (SSSR count). The topological polar surface area (TPSA) is 78.9 Å². The zero-order valence-electron chi connectivity index (χ0n) is 12.7. The summed E-state index contributed by atoms with van der Waals surface area (Å²) in [6.45, 7) is 4.44. The predicted molar refractivity (Wildman–Crippen MR) is 78.0 cm³/mol. The van der Waals surface area contributed by atoms with E-state index in [9.17, 15) is 14.7 Å². The Morgan fingerprint density at radius 2 is 2.00 bits per heavy atom. The molecular formula is C15H26N2O4.